The zero-order valence-corrected chi connectivity index (χ0v) is 17.1. The zero-order chi connectivity index (χ0) is 20.4. The van der Waals surface area contributed by atoms with Crippen molar-refractivity contribution in [1.82, 2.24) is 24.5 Å². The second kappa shape index (κ2) is 8.39. The molecule has 2 aromatic heterocycles. The Morgan fingerprint density at radius 3 is 2.62 bits per heavy atom. The maximum atomic E-state index is 12.7. The van der Waals surface area contributed by atoms with Crippen molar-refractivity contribution < 1.29 is 4.79 Å². The Morgan fingerprint density at radius 2 is 1.93 bits per heavy atom. The van der Waals surface area contributed by atoms with E-state index in [2.05, 4.69) is 10.2 Å². The highest BCUT2D eigenvalue weighted by atomic mass is 35.5. The summed E-state index contributed by atoms with van der Waals surface area (Å²) < 4.78 is 3.10. The molecule has 0 bridgehead atoms. The average Bonchev–Trinajstić information content (AvgIpc) is 3.25. The molecule has 1 aliphatic rings. The molecule has 9 heteroatoms. The van der Waals surface area contributed by atoms with Gasteiger partial charge >= 0.3 is 0 Å². The minimum Gasteiger partial charge on any atom is -0.339 e. The number of piperidine rings is 1. The third-order valence-corrected chi connectivity index (χ3v) is 5.63. The normalized spacial score (nSPS) is 14.9. The van der Waals surface area contributed by atoms with Gasteiger partial charge in [0.25, 0.3) is 11.5 Å². The van der Waals surface area contributed by atoms with Gasteiger partial charge in [-0.3, -0.25) is 9.59 Å². The first-order valence-electron chi connectivity index (χ1n) is 9.34. The first kappa shape index (κ1) is 19.7. The van der Waals surface area contributed by atoms with Crippen LogP contribution in [0.25, 0.3) is 5.82 Å². The molecule has 1 amide bonds. The number of hydrogen-bond acceptors (Lipinski definition) is 4. The topological polar surface area (TPSA) is 73.0 Å². The molecule has 0 N–H and O–H groups in total. The van der Waals surface area contributed by atoms with E-state index in [1.807, 2.05) is 0 Å². The van der Waals surface area contributed by atoms with Gasteiger partial charge in [0.2, 0.25) is 0 Å². The molecule has 150 valence electrons. The van der Waals surface area contributed by atoms with Crippen molar-refractivity contribution in [3.63, 3.8) is 0 Å². The van der Waals surface area contributed by atoms with Crippen molar-refractivity contribution in [3.05, 3.63) is 74.8 Å². The van der Waals surface area contributed by atoms with Gasteiger partial charge in [-0.15, -0.1) is 5.10 Å². The van der Waals surface area contributed by atoms with Crippen molar-refractivity contribution in [1.29, 1.82) is 0 Å². The molecule has 7 nitrogen and oxygen atoms in total. The van der Waals surface area contributed by atoms with Crippen LogP contribution in [-0.2, 0) is 6.54 Å². The number of likely N-dealkylation sites (tertiary alicyclic amines) is 1. The first-order chi connectivity index (χ1) is 14.0. The summed E-state index contributed by atoms with van der Waals surface area (Å²) in [5, 5.41) is 9.43. The number of halogens is 2. The van der Waals surface area contributed by atoms with Crippen LogP contribution in [0.3, 0.4) is 0 Å². The molecule has 0 saturated carbocycles. The van der Waals surface area contributed by atoms with E-state index < -0.39 is 0 Å². The molecule has 29 heavy (non-hydrogen) atoms. The lowest BCUT2D eigenvalue weighted by molar-refractivity contribution is 0.0680. The fourth-order valence-electron chi connectivity index (χ4n) is 3.49. The molecular formula is C20H19Cl2N5O2. The van der Waals surface area contributed by atoms with E-state index in [0.29, 0.717) is 41.1 Å². The number of benzene rings is 1. The highest BCUT2D eigenvalue weighted by Gasteiger charge is 2.25. The Labute approximate surface area is 177 Å². The van der Waals surface area contributed by atoms with Crippen LogP contribution in [0.2, 0.25) is 10.0 Å². The minimum absolute atomic E-state index is 0.0962. The van der Waals surface area contributed by atoms with Crippen LogP contribution in [0.1, 0.15) is 23.2 Å². The van der Waals surface area contributed by atoms with Crippen molar-refractivity contribution in [3.8, 4) is 5.82 Å². The van der Waals surface area contributed by atoms with E-state index in [0.717, 1.165) is 12.8 Å². The summed E-state index contributed by atoms with van der Waals surface area (Å²) in [4.78, 5) is 26.8. The molecule has 4 rings (SSSR count). The summed E-state index contributed by atoms with van der Waals surface area (Å²) in [6.45, 7) is 1.73. The SMILES string of the molecule is O=C(c1ccc(Cl)cc1Cl)N1CCC(Cn2nc(-n3cccn3)ccc2=O)CC1. The third-order valence-electron chi connectivity index (χ3n) is 5.09. The molecular weight excluding hydrogens is 413 g/mol. The molecule has 0 unspecified atom stereocenters. The average molecular weight is 432 g/mol. The molecule has 0 spiro atoms. The van der Waals surface area contributed by atoms with Gasteiger partial charge in [0.15, 0.2) is 5.82 Å². The monoisotopic (exact) mass is 431 g/mol. The van der Waals surface area contributed by atoms with E-state index in [-0.39, 0.29) is 17.4 Å². The minimum atomic E-state index is -0.146. The molecule has 3 heterocycles. The summed E-state index contributed by atoms with van der Waals surface area (Å²) in [6.07, 6.45) is 5.02. The predicted molar refractivity (Wildman–Crippen MR) is 111 cm³/mol. The smallest absolute Gasteiger partial charge is 0.266 e. The van der Waals surface area contributed by atoms with Crippen LogP contribution in [-0.4, -0.2) is 43.5 Å². The van der Waals surface area contributed by atoms with Crippen molar-refractivity contribution in [2.45, 2.75) is 19.4 Å². The Hall–Kier alpha value is -2.64. The second-order valence-electron chi connectivity index (χ2n) is 7.02. The lowest BCUT2D eigenvalue weighted by Crippen LogP contribution is -2.40. The maximum Gasteiger partial charge on any atom is 0.266 e. The Kier molecular flexibility index (Phi) is 5.69. The highest BCUT2D eigenvalue weighted by Crippen LogP contribution is 2.25. The van der Waals surface area contributed by atoms with Gasteiger partial charge in [-0.1, -0.05) is 23.2 Å². The molecule has 0 atom stereocenters. The molecule has 1 fully saturated rings. The summed E-state index contributed by atoms with van der Waals surface area (Å²) >= 11 is 12.1. The van der Waals surface area contributed by atoms with Gasteiger partial charge in [0.1, 0.15) is 0 Å². The number of aromatic nitrogens is 4. The lowest BCUT2D eigenvalue weighted by atomic mass is 9.96. The first-order valence-corrected chi connectivity index (χ1v) is 10.1. The number of carbonyl (C=O) groups is 1. The van der Waals surface area contributed by atoms with Crippen molar-refractivity contribution in [2.24, 2.45) is 5.92 Å². The van der Waals surface area contributed by atoms with Gasteiger partial charge in [0, 0.05) is 43.1 Å². The second-order valence-corrected chi connectivity index (χ2v) is 7.87. The predicted octanol–water partition coefficient (Wildman–Crippen LogP) is 3.29. The van der Waals surface area contributed by atoms with Crippen LogP contribution in [0.15, 0.2) is 53.6 Å². The van der Waals surface area contributed by atoms with E-state index in [9.17, 15) is 9.59 Å². The van der Waals surface area contributed by atoms with Gasteiger partial charge in [-0.05, 0) is 49.1 Å². The number of nitrogens with zero attached hydrogens (tertiary/aromatic N) is 5. The number of rotatable bonds is 4. The van der Waals surface area contributed by atoms with Crippen LogP contribution in [0.5, 0.6) is 0 Å². The highest BCUT2D eigenvalue weighted by molar-refractivity contribution is 6.36. The summed E-state index contributed by atoms with van der Waals surface area (Å²) in [5.41, 5.74) is 0.312. The van der Waals surface area contributed by atoms with E-state index >= 15 is 0 Å². The molecule has 1 aliphatic heterocycles. The van der Waals surface area contributed by atoms with Gasteiger partial charge in [0.05, 0.1) is 10.6 Å². The van der Waals surface area contributed by atoms with E-state index in [1.165, 1.54) is 10.7 Å². The van der Waals surface area contributed by atoms with Gasteiger partial charge < -0.3 is 4.90 Å². The Bertz CT molecular complexity index is 1070. The molecule has 3 aromatic rings. The van der Waals surface area contributed by atoms with Crippen LogP contribution in [0, 0.1) is 5.92 Å². The summed E-state index contributed by atoms with van der Waals surface area (Å²) in [7, 11) is 0. The molecule has 0 aliphatic carbocycles. The fourth-order valence-corrected chi connectivity index (χ4v) is 3.98. The van der Waals surface area contributed by atoms with E-state index in [1.54, 1.807) is 52.3 Å². The zero-order valence-electron chi connectivity index (χ0n) is 15.5. The Balaban J connectivity index is 1.41. The van der Waals surface area contributed by atoms with E-state index in [4.69, 9.17) is 23.2 Å². The van der Waals surface area contributed by atoms with Crippen LogP contribution in [0.4, 0.5) is 0 Å². The number of hydrogen-bond donors (Lipinski definition) is 0. The Morgan fingerprint density at radius 1 is 1.14 bits per heavy atom. The van der Waals surface area contributed by atoms with Gasteiger partial charge in [-0.25, -0.2) is 9.36 Å². The van der Waals surface area contributed by atoms with Gasteiger partial charge in [-0.2, -0.15) is 5.10 Å². The van der Waals surface area contributed by atoms with Crippen molar-refractivity contribution >= 4 is 29.1 Å². The quantitative estimate of drug-likeness (QED) is 0.635. The standard InChI is InChI=1S/C20H19Cl2N5O2/c21-15-2-3-16(17(22)12-15)20(29)25-10-6-14(7-11-25)13-27-19(28)5-4-18(24-27)26-9-1-8-23-26/h1-5,8-9,12,14H,6-7,10-11,13H2. The molecule has 0 radical (unpaired) electrons. The maximum absolute atomic E-state index is 12.7. The van der Waals surface area contributed by atoms with Crippen LogP contribution >= 0.6 is 23.2 Å². The molecule has 1 aromatic carbocycles. The number of amides is 1. The summed E-state index contributed by atoms with van der Waals surface area (Å²) in [5.74, 6) is 0.762. The third kappa shape index (κ3) is 4.36. The van der Waals surface area contributed by atoms with Crippen LogP contribution < -0.4 is 5.56 Å². The molecule has 1 saturated heterocycles. The lowest BCUT2D eigenvalue weighted by Gasteiger charge is -2.32. The summed E-state index contributed by atoms with van der Waals surface area (Å²) in [6, 6.07) is 9.86. The number of carbonyl (C=O) groups excluding carboxylic acids is 1. The fraction of sp³-hybridized carbons (Fsp3) is 0.300. The largest absolute Gasteiger partial charge is 0.339 e. The van der Waals surface area contributed by atoms with Crippen molar-refractivity contribution in [2.75, 3.05) is 13.1 Å².